The minimum atomic E-state index is -0.834. The lowest BCUT2D eigenvalue weighted by Gasteiger charge is -2.26. The molecular formula is C33H26BrClN2O5. The highest BCUT2D eigenvalue weighted by Gasteiger charge is 2.36. The topological polar surface area (TPSA) is 84.9 Å². The van der Waals surface area contributed by atoms with Crippen molar-refractivity contribution in [2.45, 2.75) is 27.1 Å². The number of anilines is 1. The van der Waals surface area contributed by atoms with E-state index in [1.165, 1.54) is 17.2 Å². The van der Waals surface area contributed by atoms with Crippen LogP contribution in [0.2, 0.25) is 5.02 Å². The minimum absolute atomic E-state index is 0.204. The Kier molecular flexibility index (Phi) is 8.75. The van der Waals surface area contributed by atoms with Gasteiger partial charge in [0.15, 0.2) is 0 Å². The summed E-state index contributed by atoms with van der Waals surface area (Å²) in [6.07, 6.45) is 1.39. The first-order valence-corrected chi connectivity index (χ1v) is 14.2. The molecule has 1 fully saturated rings. The molecule has 0 radical (unpaired) electrons. The Hall–Kier alpha value is -4.40. The van der Waals surface area contributed by atoms with Crippen molar-refractivity contribution in [1.82, 2.24) is 5.32 Å². The first-order valence-electron chi connectivity index (χ1n) is 13.1. The quantitative estimate of drug-likeness (QED) is 0.158. The van der Waals surface area contributed by atoms with E-state index in [-0.39, 0.29) is 5.57 Å². The number of barbiturate groups is 1. The van der Waals surface area contributed by atoms with Crippen molar-refractivity contribution in [1.29, 1.82) is 0 Å². The summed E-state index contributed by atoms with van der Waals surface area (Å²) in [6, 6.07) is 24.5. The highest BCUT2D eigenvalue weighted by molar-refractivity contribution is 9.10. The molecule has 1 aliphatic heterocycles. The number of amides is 4. The van der Waals surface area contributed by atoms with Crippen LogP contribution in [-0.2, 0) is 22.8 Å². The maximum absolute atomic E-state index is 13.3. The fourth-order valence-electron chi connectivity index (χ4n) is 4.28. The van der Waals surface area contributed by atoms with Crippen LogP contribution in [0.25, 0.3) is 6.08 Å². The summed E-state index contributed by atoms with van der Waals surface area (Å²) in [4.78, 5) is 39.5. The van der Waals surface area contributed by atoms with Crippen molar-refractivity contribution in [2.75, 3.05) is 4.90 Å². The lowest BCUT2D eigenvalue weighted by atomic mass is 10.1. The van der Waals surface area contributed by atoms with Crippen LogP contribution >= 0.6 is 27.5 Å². The summed E-state index contributed by atoms with van der Waals surface area (Å²) in [7, 11) is 0. The molecule has 42 heavy (non-hydrogen) atoms. The Morgan fingerprint density at radius 3 is 2.19 bits per heavy atom. The summed E-state index contributed by atoms with van der Waals surface area (Å²) < 4.78 is 12.7. The van der Waals surface area contributed by atoms with Crippen LogP contribution in [-0.4, -0.2) is 17.8 Å². The van der Waals surface area contributed by atoms with E-state index in [0.717, 1.165) is 20.5 Å². The number of ether oxygens (including phenoxy) is 2. The molecule has 7 nitrogen and oxygen atoms in total. The number of benzene rings is 4. The van der Waals surface area contributed by atoms with Crippen LogP contribution in [0, 0.1) is 13.8 Å². The standard InChI is InChI=1S/C33H26BrClN2O5/c1-20-3-4-24(15-21(20)2)19-42-30-14-7-23(17-29(30)35)16-28-31(38)36-33(40)37(32(28)39)26-10-12-27(13-11-26)41-18-22-5-8-25(34)9-6-22/h3-17H,18-19H2,1-2H3,(H,36,38,40)/b28-16+. The molecule has 1 N–H and O–H groups in total. The van der Waals surface area contributed by atoms with Gasteiger partial charge in [-0.05, 0) is 96.3 Å². The molecule has 5 rings (SSSR count). The second-order valence-electron chi connectivity index (χ2n) is 9.76. The number of hydrogen-bond acceptors (Lipinski definition) is 5. The minimum Gasteiger partial charge on any atom is -0.489 e. The molecule has 0 spiro atoms. The van der Waals surface area contributed by atoms with Crippen LogP contribution in [0.1, 0.15) is 27.8 Å². The van der Waals surface area contributed by atoms with Gasteiger partial charge in [0.05, 0.1) is 10.7 Å². The van der Waals surface area contributed by atoms with Crippen LogP contribution in [0.4, 0.5) is 10.5 Å². The van der Waals surface area contributed by atoms with E-state index in [1.54, 1.807) is 42.5 Å². The predicted octanol–water partition coefficient (Wildman–Crippen LogP) is 7.54. The SMILES string of the molecule is Cc1ccc(COc2ccc(/C=C3\C(=O)NC(=O)N(c4ccc(OCc5ccc(Br)cc5)cc4)C3=O)cc2Cl)cc1C. The van der Waals surface area contributed by atoms with E-state index < -0.39 is 17.8 Å². The molecule has 4 aromatic carbocycles. The molecular weight excluding hydrogens is 620 g/mol. The van der Waals surface area contributed by atoms with Gasteiger partial charge in [-0.2, -0.15) is 0 Å². The third kappa shape index (κ3) is 6.73. The lowest BCUT2D eigenvalue weighted by molar-refractivity contribution is -0.122. The molecule has 0 atom stereocenters. The third-order valence-corrected chi connectivity index (χ3v) is 7.57. The first-order chi connectivity index (χ1) is 20.2. The molecule has 0 saturated carbocycles. The second-order valence-corrected chi connectivity index (χ2v) is 11.1. The number of rotatable bonds is 8. The summed E-state index contributed by atoms with van der Waals surface area (Å²) in [5.74, 6) is -0.510. The average molecular weight is 646 g/mol. The fraction of sp³-hybridized carbons (Fsp3) is 0.121. The molecule has 1 saturated heterocycles. The third-order valence-electron chi connectivity index (χ3n) is 6.75. The number of urea groups is 1. The van der Waals surface area contributed by atoms with Gasteiger partial charge >= 0.3 is 6.03 Å². The summed E-state index contributed by atoms with van der Waals surface area (Å²) in [5.41, 5.74) is 4.97. The fourth-order valence-corrected chi connectivity index (χ4v) is 4.78. The van der Waals surface area contributed by atoms with E-state index in [2.05, 4.69) is 34.2 Å². The maximum Gasteiger partial charge on any atom is 0.335 e. The number of carbonyl (C=O) groups is 3. The Labute approximate surface area is 256 Å². The van der Waals surface area contributed by atoms with Crippen molar-refractivity contribution >= 4 is 57.1 Å². The van der Waals surface area contributed by atoms with E-state index in [9.17, 15) is 14.4 Å². The van der Waals surface area contributed by atoms with Crippen molar-refractivity contribution in [3.63, 3.8) is 0 Å². The van der Waals surface area contributed by atoms with Gasteiger partial charge in [-0.15, -0.1) is 0 Å². The van der Waals surface area contributed by atoms with Crippen molar-refractivity contribution in [2.24, 2.45) is 0 Å². The molecule has 4 amide bonds. The number of carbonyl (C=O) groups excluding carboxylic acids is 3. The first kappa shape index (κ1) is 29.1. The van der Waals surface area contributed by atoms with Crippen LogP contribution in [0.15, 0.2) is 95.0 Å². The Bertz CT molecular complexity index is 1700. The van der Waals surface area contributed by atoms with Crippen molar-refractivity contribution in [3.05, 3.63) is 128 Å². The van der Waals surface area contributed by atoms with E-state index >= 15 is 0 Å². The van der Waals surface area contributed by atoms with E-state index in [1.807, 2.05) is 43.3 Å². The second kappa shape index (κ2) is 12.6. The van der Waals surface area contributed by atoms with Gasteiger partial charge < -0.3 is 9.47 Å². The molecule has 0 unspecified atom stereocenters. The molecule has 0 aromatic heterocycles. The zero-order valence-corrected chi connectivity index (χ0v) is 25.2. The molecule has 1 heterocycles. The zero-order chi connectivity index (χ0) is 29.8. The van der Waals surface area contributed by atoms with Crippen LogP contribution in [0.3, 0.4) is 0 Å². The zero-order valence-electron chi connectivity index (χ0n) is 22.8. The summed E-state index contributed by atoms with van der Waals surface area (Å²) >= 11 is 9.86. The monoisotopic (exact) mass is 644 g/mol. The van der Waals surface area contributed by atoms with Gasteiger partial charge in [0.1, 0.15) is 30.3 Å². The number of nitrogens with one attached hydrogen (secondary N) is 1. The highest BCUT2D eigenvalue weighted by Crippen LogP contribution is 2.29. The molecule has 9 heteroatoms. The molecule has 0 aliphatic carbocycles. The van der Waals surface area contributed by atoms with Crippen molar-refractivity contribution < 1.29 is 23.9 Å². The Balaban J connectivity index is 1.28. The van der Waals surface area contributed by atoms with Gasteiger partial charge in [0.2, 0.25) is 0 Å². The number of hydrogen-bond donors (Lipinski definition) is 1. The van der Waals surface area contributed by atoms with Gasteiger partial charge in [-0.25, -0.2) is 9.69 Å². The normalized spacial score (nSPS) is 14.2. The largest absolute Gasteiger partial charge is 0.489 e. The molecule has 4 aromatic rings. The van der Waals surface area contributed by atoms with Crippen molar-refractivity contribution in [3.8, 4) is 11.5 Å². The van der Waals surface area contributed by atoms with Crippen LogP contribution in [0.5, 0.6) is 11.5 Å². The number of imide groups is 2. The molecule has 212 valence electrons. The summed E-state index contributed by atoms with van der Waals surface area (Å²) in [6.45, 7) is 4.79. The van der Waals surface area contributed by atoms with E-state index in [0.29, 0.717) is 41.0 Å². The Morgan fingerprint density at radius 2 is 1.50 bits per heavy atom. The van der Waals surface area contributed by atoms with Crippen LogP contribution < -0.4 is 19.7 Å². The summed E-state index contributed by atoms with van der Waals surface area (Å²) in [5, 5.41) is 2.56. The highest BCUT2D eigenvalue weighted by atomic mass is 79.9. The Morgan fingerprint density at radius 1 is 0.810 bits per heavy atom. The average Bonchev–Trinajstić information content (AvgIpc) is 2.97. The molecule has 0 bridgehead atoms. The lowest BCUT2D eigenvalue weighted by Crippen LogP contribution is -2.54. The smallest absolute Gasteiger partial charge is 0.335 e. The van der Waals surface area contributed by atoms with Gasteiger partial charge in [-0.1, -0.05) is 63.9 Å². The van der Waals surface area contributed by atoms with Gasteiger partial charge in [-0.3, -0.25) is 14.9 Å². The predicted molar refractivity (Wildman–Crippen MR) is 166 cm³/mol. The molecule has 1 aliphatic rings. The van der Waals surface area contributed by atoms with E-state index in [4.69, 9.17) is 21.1 Å². The maximum atomic E-state index is 13.3. The number of aryl methyl sites for hydroxylation is 2. The van der Waals surface area contributed by atoms with Gasteiger partial charge in [0.25, 0.3) is 11.8 Å². The van der Waals surface area contributed by atoms with Gasteiger partial charge in [0, 0.05) is 4.47 Å². The number of nitrogens with zero attached hydrogens (tertiary/aromatic N) is 1. The number of halogens is 2.